The van der Waals surface area contributed by atoms with Gasteiger partial charge in [0.1, 0.15) is 0 Å². The lowest BCUT2D eigenvalue weighted by molar-refractivity contribution is 0.483. The molecule has 3 nitrogen and oxygen atoms in total. The second-order valence-corrected chi connectivity index (χ2v) is 1.84. The molecule has 0 aliphatic carbocycles. The Morgan fingerprint density at radius 3 is 2.67 bits per heavy atom. The van der Waals surface area contributed by atoms with Crippen LogP contribution in [0.25, 0.3) is 0 Å². The Morgan fingerprint density at radius 2 is 2.33 bits per heavy atom. The average Bonchev–Trinajstić information content (AvgIpc) is 1.88. The van der Waals surface area contributed by atoms with Crippen LogP contribution in [0, 0.1) is 5.41 Å². The third kappa shape index (κ3) is 4.12. The van der Waals surface area contributed by atoms with E-state index in [1.807, 2.05) is 14.0 Å². The third-order valence-corrected chi connectivity index (χ3v) is 1.15. The highest BCUT2D eigenvalue weighted by molar-refractivity contribution is 5.53. The highest BCUT2D eigenvalue weighted by atomic mass is 15.1. The van der Waals surface area contributed by atoms with Crippen molar-refractivity contribution in [3.05, 3.63) is 0 Å². The van der Waals surface area contributed by atoms with E-state index < -0.39 is 0 Å². The van der Waals surface area contributed by atoms with Gasteiger partial charge in [0.2, 0.25) is 0 Å². The van der Waals surface area contributed by atoms with Crippen LogP contribution >= 0.6 is 0 Å². The summed E-state index contributed by atoms with van der Waals surface area (Å²) in [4.78, 5) is 0. The van der Waals surface area contributed by atoms with Crippen LogP contribution in [0.2, 0.25) is 0 Å². The first-order chi connectivity index (χ1) is 4.35. The summed E-state index contributed by atoms with van der Waals surface area (Å²) in [5.41, 5.74) is 0. The average molecular weight is 129 g/mol. The molecule has 0 radical (unpaired) electrons. The van der Waals surface area contributed by atoms with Crippen molar-refractivity contribution < 1.29 is 0 Å². The van der Waals surface area contributed by atoms with Crippen LogP contribution in [0.4, 0.5) is 0 Å². The van der Waals surface area contributed by atoms with Crippen LogP contribution in [0.5, 0.6) is 0 Å². The number of rotatable bonds is 5. The van der Waals surface area contributed by atoms with Crippen molar-refractivity contribution in [1.29, 1.82) is 5.41 Å². The first-order valence-corrected chi connectivity index (χ1v) is 3.24. The first-order valence-electron chi connectivity index (χ1n) is 3.24. The van der Waals surface area contributed by atoms with Gasteiger partial charge in [0, 0.05) is 6.42 Å². The number of hydrogen-bond donors (Lipinski definition) is 3. The Bertz CT molecular complexity index is 72.7. The van der Waals surface area contributed by atoms with E-state index in [9.17, 15) is 0 Å². The standard InChI is InChI=1S/C6H15N3/c1-3-9-6(8-2)4-5-7/h5-9H,3-4H2,1-2H3. The highest BCUT2D eigenvalue weighted by Crippen LogP contribution is 1.79. The molecular formula is C6H15N3. The van der Waals surface area contributed by atoms with Crippen molar-refractivity contribution >= 4 is 6.21 Å². The molecule has 0 aliphatic rings. The molecule has 0 heterocycles. The van der Waals surface area contributed by atoms with Gasteiger partial charge < -0.3 is 16.0 Å². The minimum atomic E-state index is 0.271. The molecule has 0 aromatic heterocycles. The zero-order chi connectivity index (χ0) is 7.11. The molecule has 3 heteroatoms. The summed E-state index contributed by atoms with van der Waals surface area (Å²) in [5, 5.41) is 13.0. The number of nitrogens with one attached hydrogen (secondary N) is 3. The van der Waals surface area contributed by atoms with E-state index in [0.29, 0.717) is 0 Å². The maximum Gasteiger partial charge on any atom is 0.0619 e. The van der Waals surface area contributed by atoms with E-state index >= 15 is 0 Å². The fraction of sp³-hybridized carbons (Fsp3) is 0.833. The molecule has 0 saturated heterocycles. The number of hydrogen-bond acceptors (Lipinski definition) is 3. The van der Waals surface area contributed by atoms with Crippen molar-refractivity contribution in [1.82, 2.24) is 10.6 Å². The summed E-state index contributed by atoms with van der Waals surface area (Å²) >= 11 is 0. The summed E-state index contributed by atoms with van der Waals surface area (Å²) < 4.78 is 0. The summed E-state index contributed by atoms with van der Waals surface area (Å²) in [7, 11) is 1.89. The predicted molar refractivity (Wildman–Crippen MR) is 39.9 cm³/mol. The van der Waals surface area contributed by atoms with Gasteiger partial charge >= 0.3 is 0 Å². The van der Waals surface area contributed by atoms with Crippen LogP contribution in [0.1, 0.15) is 13.3 Å². The maximum atomic E-state index is 6.81. The van der Waals surface area contributed by atoms with E-state index in [1.54, 1.807) is 0 Å². The van der Waals surface area contributed by atoms with Gasteiger partial charge in [0.25, 0.3) is 0 Å². The van der Waals surface area contributed by atoms with Gasteiger partial charge in [-0.15, -0.1) is 0 Å². The van der Waals surface area contributed by atoms with Crippen LogP contribution < -0.4 is 10.6 Å². The fourth-order valence-electron chi connectivity index (χ4n) is 0.667. The molecule has 0 bridgehead atoms. The molecule has 0 aromatic rings. The van der Waals surface area contributed by atoms with Crippen LogP contribution in [0.3, 0.4) is 0 Å². The normalized spacial score (nSPS) is 13.1. The first kappa shape index (κ1) is 8.59. The summed E-state index contributed by atoms with van der Waals surface area (Å²) in [5.74, 6) is 0. The molecule has 9 heavy (non-hydrogen) atoms. The molecule has 0 spiro atoms. The molecule has 0 rings (SSSR count). The van der Waals surface area contributed by atoms with Crippen LogP contribution in [-0.4, -0.2) is 26.0 Å². The summed E-state index contributed by atoms with van der Waals surface area (Å²) in [6, 6.07) is 0. The fourth-order valence-corrected chi connectivity index (χ4v) is 0.667. The summed E-state index contributed by atoms with van der Waals surface area (Å²) in [6.07, 6.45) is 2.43. The molecule has 0 saturated carbocycles. The monoisotopic (exact) mass is 129 g/mol. The van der Waals surface area contributed by atoms with Crippen molar-refractivity contribution in [2.75, 3.05) is 13.6 Å². The Kier molecular flexibility index (Phi) is 5.46. The maximum absolute atomic E-state index is 6.81. The minimum absolute atomic E-state index is 0.271. The van der Waals surface area contributed by atoms with Gasteiger partial charge in [0.05, 0.1) is 6.17 Å². The van der Waals surface area contributed by atoms with E-state index in [1.165, 1.54) is 6.21 Å². The molecule has 0 amide bonds. The van der Waals surface area contributed by atoms with Gasteiger partial charge in [-0.3, -0.25) is 0 Å². The van der Waals surface area contributed by atoms with E-state index in [4.69, 9.17) is 5.41 Å². The van der Waals surface area contributed by atoms with E-state index in [-0.39, 0.29) is 6.17 Å². The van der Waals surface area contributed by atoms with Gasteiger partial charge in [-0.1, -0.05) is 6.92 Å². The minimum Gasteiger partial charge on any atom is -0.313 e. The van der Waals surface area contributed by atoms with E-state index in [2.05, 4.69) is 10.6 Å². The van der Waals surface area contributed by atoms with Gasteiger partial charge in [-0.2, -0.15) is 0 Å². The van der Waals surface area contributed by atoms with Crippen molar-refractivity contribution in [2.24, 2.45) is 0 Å². The van der Waals surface area contributed by atoms with Gasteiger partial charge in [-0.05, 0) is 19.8 Å². The molecule has 1 atom stereocenters. The molecule has 54 valence electrons. The second-order valence-electron chi connectivity index (χ2n) is 1.84. The van der Waals surface area contributed by atoms with Gasteiger partial charge in [0.15, 0.2) is 0 Å². The lowest BCUT2D eigenvalue weighted by Gasteiger charge is -2.13. The smallest absolute Gasteiger partial charge is 0.0619 e. The molecule has 0 aromatic carbocycles. The largest absolute Gasteiger partial charge is 0.313 e. The van der Waals surface area contributed by atoms with E-state index in [0.717, 1.165) is 13.0 Å². The Morgan fingerprint density at radius 1 is 1.67 bits per heavy atom. The van der Waals surface area contributed by atoms with Gasteiger partial charge in [-0.25, -0.2) is 0 Å². The van der Waals surface area contributed by atoms with Crippen molar-refractivity contribution in [3.8, 4) is 0 Å². The molecule has 1 unspecified atom stereocenters. The third-order valence-electron chi connectivity index (χ3n) is 1.15. The Labute approximate surface area is 56.3 Å². The Hall–Kier alpha value is -0.410. The zero-order valence-electron chi connectivity index (χ0n) is 6.07. The van der Waals surface area contributed by atoms with Crippen LogP contribution in [0.15, 0.2) is 0 Å². The predicted octanol–water partition coefficient (Wildman–Crippen LogP) is 0.181. The molecule has 0 aliphatic heterocycles. The SMILES string of the molecule is CCNC(CC=N)NC. The molecule has 0 fully saturated rings. The van der Waals surface area contributed by atoms with Crippen molar-refractivity contribution in [3.63, 3.8) is 0 Å². The van der Waals surface area contributed by atoms with Crippen LogP contribution in [-0.2, 0) is 0 Å². The zero-order valence-corrected chi connectivity index (χ0v) is 6.07. The van der Waals surface area contributed by atoms with Crippen molar-refractivity contribution in [2.45, 2.75) is 19.5 Å². The highest BCUT2D eigenvalue weighted by Gasteiger charge is 1.97. The lowest BCUT2D eigenvalue weighted by Crippen LogP contribution is -2.40. The topological polar surface area (TPSA) is 47.9 Å². The molecular weight excluding hydrogens is 114 g/mol. The quantitative estimate of drug-likeness (QED) is 0.366. The Balaban J connectivity index is 3.28. The lowest BCUT2D eigenvalue weighted by atomic mass is 10.3. The molecule has 3 N–H and O–H groups in total. The second kappa shape index (κ2) is 5.72. The summed E-state index contributed by atoms with van der Waals surface area (Å²) in [6.45, 7) is 2.99.